The van der Waals surface area contributed by atoms with Crippen LogP contribution in [0.25, 0.3) is 0 Å². The molecule has 0 saturated carbocycles. The lowest BCUT2D eigenvalue weighted by Gasteiger charge is -1.98. The Kier molecular flexibility index (Phi) is 3.34. The van der Waals surface area contributed by atoms with Gasteiger partial charge in [0.15, 0.2) is 0 Å². The largest absolute Gasteiger partial charge is 0.461 e. The summed E-state index contributed by atoms with van der Waals surface area (Å²) in [7, 11) is 0. The molecule has 66 valence electrons. The number of ether oxygens (including phenoxy) is 1. The first-order chi connectivity index (χ1) is 5.66. The van der Waals surface area contributed by atoms with Crippen molar-refractivity contribution in [2.45, 2.75) is 6.92 Å². The molecule has 0 aliphatic carbocycles. The maximum absolute atomic E-state index is 11.2. The van der Waals surface area contributed by atoms with E-state index in [0.717, 1.165) is 4.47 Å². The summed E-state index contributed by atoms with van der Waals surface area (Å²) in [6.45, 7) is 2.14. The number of nitrogens with one attached hydrogen (secondary N) is 1. The van der Waals surface area contributed by atoms with Gasteiger partial charge >= 0.3 is 5.97 Å². The summed E-state index contributed by atoms with van der Waals surface area (Å²) in [4.78, 5) is 14.0. The van der Waals surface area contributed by atoms with Crippen molar-refractivity contribution < 1.29 is 9.53 Å². The minimum Gasteiger partial charge on any atom is -0.461 e. The van der Waals surface area contributed by atoms with Crippen LogP contribution in [0.15, 0.2) is 15.1 Å². The molecular formula is C7H7Br2NO2. The van der Waals surface area contributed by atoms with Crippen LogP contribution < -0.4 is 0 Å². The fourth-order valence-corrected chi connectivity index (χ4v) is 1.44. The smallest absolute Gasteiger partial charge is 0.355 e. The molecule has 1 rings (SSSR count). The minimum atomic E-state index is -0.352. The average molecular weight is 297 g/mol. The summed E-state index contributed by atoms with van der Waals surface area (Å²) in [5, 5.41) is 0. The molecule has 3 nitrogen and oxygen atoms in total. The van der Waals surface area contributed by atoms with Gasteiger partial charge in [-0.15, -0.1) is 0 Å². The highest BCUT2D eigenvalue weighted by molar-refractivity contribution is 9.13. The number of hydrogen-bond donors (Lipinski definition) is 1. The highest BCUT2D eigenvalue weighted by atomic mass is 79.9. The zero-order valence-electron chi connectivity index (χ0n) is 6.36. The quantitative estimate of drug-likeness (QED) is 0.853. The Morgan fingerprint density at radius 2 is 2.33 bits per heavy atom. The fraction of sp³-hybridized carbons (Fsp3) is 0.286. The van der Waals surface area contributed by atoms with Crippen LogP contribution in [0.2, 0.25) is 0 Å². The molecule has 0 spiro atoms. The van der Waals surface area contributed by atoms with E-state index in [0.29, 0.717) is 16.8 Å². The summed E-state index contributed by atoms with van der Waals surface area (Å²) >= 11 is 6.49. The number of H-pyrrole nitrogens is 1. The molecule has 0 amide bonds. The zero-order valence-corrected chi connectivity index (χ0v) is 9.53. The van der Waals surface area contributed by atoms with E-state index in [9.17, 15) is 4.79 Å². The molecular weight excluding hydrogens is 290 g/mol. The minimum absolute atomic E-state index is 0.352. The van der Waals surface area contributed by atoms with E-state index in [2.05, 4.69) is 36.8 Å². The van der Waals surface area contributed by atoms with E-state index < -0.39 is 0 Å². The third-order valence-electron chi connectivity index (χ3n) is 1.25. The first-order valence-electron chi connectivity index (χ1n) is 3.36. The first-order valence-corrected chi connectivity index (χ1v) is 4.95. The second-order valence-corrected chi connectivity index (χ2v) is 3.69. The third-order valence-corrected chi connectivity index (χ3v) is 3.23. The van der Waals surface area contributed by atoms with Gasteiger partial charge in [-0.3, -0.25) is 0 Å². The molecule has 12 heavy (non-hydrogen) atoms. The molecule has 0 radical (unpaired) electrons. The second-order valence-electron chi connectivity index (χ2n) is 2.05. The maximum atomic E-state index is 11.2. The van der Waals surface area contributed by atoms with E-state index in [1.807, 2.05) is 0 Å². The molecule has 0 fully saturated rings. The number of carbonyl (C=O) groups excluding carboxylic acids is 1. The number of hydrogen-bond acceptors (Lipinski definition) is 2. The van der Waals surface area contributed by atoms with E-state index in [4.69, 9.17) is 4.74 Å². The van der Waals surface area contributed by atoms with E-state index in [1.165, 1.54) is 0 Å². The van der Waals surface area contributed by atoms with E-state index in [-0.39, 0.29) is 5.97 Å². The molecule has 0 bridgehead atoms. The van der Waals surface area contributed by atoms with Gasteiger partial charge in [0, 0.05) is 6.20 Å². The highest BCUT2D eigenvalue weighted by Crippen LogP contribution is 2.26. The van der Waals surface area contributed by atoms with E-state index >= 15 is 0 Å². The molecule has 1 heterocycles. The molecule has 1 aromatic rings. The molecule has 5 heteroatoms. The van der Waals surface area contributed by atoms with Crippen LogP contribution in [0.5, 0.6) is 0 Å². The predicted octanol–water partition coefficient (Wildman–Crippen LogP) is 2.72. The molecule has 0 atom stereocenters. The van der Waals surface area contributed by atoms with Crippen LogP contribution in [0, 0.1) is 0 Å². The SMILES string of the molecule is CCOC(=O)c1[nH]cc(Br)c1Br. The lowest BCUT2D eigenvalue weighted by atomic mass is 10.4. The van der Waals surface area contributed by atoms with E-state index in [1.54, 1.807) is 13.1 Å². The van der Waals surface area contributed by atoms with Crippen molar-refractivity contribution in [2.24, 2.45) is 0 Å². The van der Waals surface area contributed by atoms with Gasteiger partial charge in [-0.1, -0.05) is 0 Å². The van der Waals surface area contributed by atoms with Gasteiger partial charge in [0.05, 0.1) is 15.6 Å². The third kappa shape index (κ3) is 1.90. The maximum Gasteiger partial charge on any atom is 0.355 e. The summed E-state index contributed by atoms with van der Waals surface area (Å²) < 4.78 is 6.31. The summed E-state index contributed by atoms with van der Waals surface area (Å²) in [5.41, 5.74) is 0.434. The summed E-state index contributed by atoms with van der Waals surface area (Å²) in [6, 6.07) is 0. The van der Waals surface area contributed by atoms with Crippen LogP contribution in [0.3, 0.4) is 0 Å². The van der Waals surface area contributed by atoms with Crippen LogP contribution in [-0.2, 0) is 4.74 Å². The predicted molar refractivity (Wildman–Crippen MR) is 52.1 cm³/mol. The van der Waals surface area contributed by atoms with Crippen LogP contribution in [0.1, 0.15) is 17.4 Å². The molecule has 0 aliphatic heterocycles. The lowest BCUT2D eigenvalue weighted by Crippen LogP contribution is -2.05. The summed E-state index contributed by atoms with van der Waals surface area (Å²) in [6.07, 6.45) is 1.68. The first kappa shape index (κ1) is 9.80. The average Bonchev–Trinajstić information content (AvgIpc) is 2.34. The number of aromatic amines is 1. The van der Waals surface area contributed by atoms with Gasteiger partial charge in [0.2, 0.25) is 0 Å². The van der Waals surface area contributed by atoms with Crippen LogP contribution in [-0.4, -0.2) is 17.6 Å². The highest BCUT2D eigenvalue weighted by Gasteiger charge is 2.14. The number of halogens is 2. The molecule has 0 aliphatic rings. The molecule has 1 aromatic heterocycles. The Labute approximate surface area is 86.7 Å². The molecule has 0 saturated heterocycles. The van der Waals surface area contributed by atoms with Gasteiger partial charge in [-0.25, -0.2) is 4.79 Å². The molecule has 0 unspecified atom stereocenters. The van der Waals surface area contributed by atoms with Crippen molar-refractivity contribution in [3.63, 3.8) is 0 Å². The van der Waals surface area contributed by atoms with Crippen molar-refractivity contribution in [3.8, 4) is 0 Å². The van der Waals surface area contributed by atoms with Crippen LogP contribution in [0.4, 0.5) is 0 Å². The number of aromatic nitrogens is 1. The fourth-order valence-electron chi connectivity index (χ4n) is 0.733. The van der Waals surface area contributed by atoms with Crippen molar-refractivity contribution in [3.05, 3.63) is 20.8 Å². The van der Waals surface area contributed by atoms with Gasteiger partial charge in [0.25, 0.3) is 0 Å². The Bertz CT molecular complexity index is 296. The zero-order chi connectivity index (χ0) is 9.14. The number of carbonyl (C=O) groups is 1. The van der Waals surface area contributed by atoms with Crippen molar-refractivity contribution in [2.75, 3.05) is 6.61 Å². The van der Waals surface area contributed by atoms with Gasteiger partial charge < -0.3 is 9.72 Å². The van der Waals surface area contributed by atoms with Gasteiger partial charge in [-0.05, 0) is 38.8 Å². The monoisotopic (exact) mass is 295 g/mol. The van der Waals surface area contributed by atoms with Gasteiger partial charge in [0.1, 0.15) is 5.69 Å². The Balaban J connectivity index is 2.88. The standard InChI is InChI=1S/C7H7Br2NO2/c1-2-12-7(11)6-5(9)4(8)3-10-6/h3,10H,2H2,1H3. The lowest BCUT2D eigenvalue weighted by molar-refractivity contribution is 0.0519. The molecule has 1 N–H and O–H groups in total. The second kappa shape index (κ2) is 4.09. The normalized spacial score (nSPS) is 9.92. The number of esters is 1. The number of rotatable bonds is 2. The van der Waals surface area contributed by atoms with Crippen molar-refractivity contribution in [1.29, 1.82) is 0 Å². The Hall–Kier alpha value is -0.290. The Morgan fingerprint density at radius 3 is 2.75 bits per heavy atom. The van der Waals surface area contributed by atoms with Crippen LogP contribution >= 0.6 is 31.9 Å². The topological polar surface area (TPSA) is 42.1 Å². The summed E-state index contributed by atoms with van der Waals surface area (Å²) in [5.74, 6) is -0.352. The van der Waals surface area contributed by atoms with Crippen molar-refractivity contribution in [1.82, 2.24) is 4.98 Å². The van der Waals surface area contributed by atoms with Crippen molar-refractivity contribution >= 4 is 37.8 Å². The Morgan fingerprint density at radius 1 is 1.67 bits per heavy atom. The molecule has 0 aromatic carbocycles. The van der Waals surface area contributed by atoms with Gasteiger partial charge in [-0.2, -0.15) is 0 Å².